The second-order valence-corrected chi connectivity index (χ2v) is 3.91. The molecule has 0 nitrogen and oxygen atoms in total. The predicted molar refractivity (Wildman–Crippen MR) is 53.7 cm³/mol. The van der Waals surface area contributed by atoms with E-state index in [2.05, 4.69) is 15.9 Å². The van der Waals surface area contributed by atoms with Gasteiger partial charge in [0.2, 0.25) is 0 Å². The van der Waals surface area contributed by atoms with Crippen molar-refractivity contribution in [1.82, 2.24) is 0 Å². The Morgan fingerprint density at radius 1 is 1.27 bits per heavy atom. The maximum absolute atomic E-state index is 5.78. The maximum Gasteiger partial charge on any atom is 0.0734 e. The molecule has 0 saturated carbocycles. The molecule has 0 aliphatic carbocycles. The molecule has 0 aromatic heterocycles. The van der Waals surface area contributed by atoms with E-state index in [1.165, 1.54) is 0 Å². The Morgan fingerprint density at radius 2 is 1.91 bits per heavy atom. The molecule has 1 rings (SSSR count). The van der Waals surface area contributed by atoms with Gasteiger partial charge in [0.1, 0.15) is 0 Å². The quantitative estimate of drug-likeness (QED) is 0.522. The third-order valence-corrected chi connectivity index (χ3v) is 3.16. The van der Waals surface area contributed by atoms with Gasteiger partial charge in [-0.3, -0.25) is 0 Å². The van der Waals surface area contributed by atoms with Gasteiger partial charge in [0.15, 0.2) is 0 Å². The van der Waals surface area contributed by atoms with Crippen LogP contribution in [-0.4, -0.2) is 0 Å². The van der Waals surface area contributed by atoms with Crippen molar-refractivity contribution >= 4 is 50.7 Å². The summed E-state index contributed by atoms with van der Waals surface area (Å²) in [6, 6.07) is 3.60. The van der Waals surface area contributed by atoms with Gasteiger partial charge in [0.25, 0.3) is 0 Å². The number of rotatable bonds is 1. The van der Waals surface area contributed by atoms with Crippen LogP contribution in [0, 0.1) is 0 Å². The lowest BCUT2D eigenvalue weighted by Gasteiger charge is -2.01. The molecule has 0 atom stereocenters. The largest absolute Gasteiger partial charge is 0.122 e. The van der Waals surface area contributed by atoms with E-state index in [4.69, 9.17) is 34.8 Å². The van der Waals surface area contributed by atoms with Crippen LogP contribution in [0.4, 0.5) is 0 Å². The lowest BCUT2D eigenvalue weighted by Crippen LogP contribution is -1.79. The minimum Gasteiger partial charge on any atom is -0.122 e. The van der Waals surface area contributed by atoms with Gasteiger partial charge in [-0.1, -0.05) is 23.2 Å². The molecular formula is C7H4BrCl3. The highest BCUT2D eigenvalue weighted by Crippen LogP contribution is 2.31. The van der Waals surface area contributed by atoms with Gasteiger partial charge in [-0.25, -0.2) is 0 Å². The van der Waals surface area contributed by atoms with Crippen LogP contribution < -0.4 is 0 Å². The molecule has 0 amide bonds. The zero-order valence-electron chi connectivity index (χ0n) is 5.37. The second-order valence-electron chi connectivity index (χ2n) is 2.01. The molecule has 1 aromatic carbocycles. The fourth-order valence-corrected chi connectivity index (χ4v) is 1.81. The van der Waals surface area contributed by atoms with Crippen LogP contribution >= 0.6 is 50.7 Å². The summed E-state index contributed by atoms with van der Waals surface area (Å²) in [5, 5.41) is 1.05. The van der Waals surface area contributed by atoms with Crippen molar-refractivity contribution in [3.05, 3.63) is 32.2 Å². The number of alkyl halides is 1. The van der Waals surface area contributed by atoms with Crippen LogP contribution in [0.1, 0.15) is 5.56 Å². The summed E-state index contributed by atoms with van der Waals surface area (Å²) in [4.78, 5) is 0. The number of halogens is 4. The molecule has 0 heterocycles. The van der Waals surface area contributed by atoms with Crippen LogP contribution in [0.15, 0.2) is 16.6 Å². The zero-order chi connectivity index (χ0) is 8.43. The third-order valence-electron chi connectivity index (χ3n) is 1.20. The first-order valence-corrected chi connectivity index (χ1v) is 4.93. The second kappa shape index (κ2) is 3.99. The average molecular weight is 274 g/mol. The molecule has 60 valence electrons. The van der Waals surface area contributed by atoms with E-state index >= 15 is 0 Å². The van der Waals surface area contributed by atoms with Crippen LogP contribution in [0.2, 0.25) is 10.0 Å². The summed E-state index contributed by atoms with van der Waals surface area (Å²) in [5.74, 6) is 0.440. The van der Waals surface area contributed by atoms with E-state index in [1.54, 1.807) is 6.07 Å². The predicted octanol–water partition coefficient (Wildman–Crippen LogP) is 4.49. The Kier molecular flexibility index (Phi) is 3.51. The molecule has 0 unspecified atom stereocenters. The van der Waals surface area contributed by atoms with E-state index in [0.717, 1.165) is 10.0 Å². The number of hydrogen-bond acceptors (Lipinski definition) is 0. The first kappa shape index (κ1) is 9.66. The highest BCUT2D eigenvalue weighted by molar-refractivity contribution is 9.10. The molecule has 4 heteroatoms. The van der Waals surface area contributed by atoms with Crippen molar-refractivity contribution in [3.8, 4) is 0 Å². The van der Waals surface area contributed by atoms with Crippen molar-refractivity contribution in [2.24, 2.45) is 0 Å². The van der Waals surface area contributed by atoms with Crippen molar-refractivity contribution < 1.29 is 0 Å². The monoisotopic (exact) mass is 272 g/mol. The molecule has 0 radical (unpaired) electrons. The van der Waals surface area contributed by atoms with Crippen LogP contribution in [-0.2, 0) is 5.88 Å². The smallest absolute Gasteiger partial charge is 0.0734 e. The molecular weight excluding hydrogens is 270 g/mol. The highest BCUT2D eigenvalue weighted by atomic mass is 79.9. The van der Waals surface area contributed by atoms with Crippen molar-refractivity contribution in [2.45, 2.75) is 5.88 Å². The van der Waals surface area contributed by atoms with Crippen LogP contribution in [0.25, 0.3) is 0 Å². The van der Waals surface area contributed by atoms with Gasteiger partial charge in [0, 0.05) is 10.4 Å². The standard InChI is InChI=1S/C7H4BrCl3/c8-5-1-4(3-9)2-6(10)7(5)11/h1-2H,3H2. The summed E-state index contributed by atoms with van der Waals surface area (Å²) in [5.41, 5.74) is 0.952. The Morgan fingerprint density at radius 3 is 2.36 bits per heavy atom. The summed E-state index contributed by atoms with van der Waals surface area (Å²) >= 11 is 20.4. The molecule has 0 aliphatic heterocycles. The SMILES string of the molecule is ClCc1cc(Cl)c(Cl)c(Br)c1. The summed E-state index contributed by atoms with van der Waals surface area (Å²) in [6.45, 7) is 0. The maximum atomic E-state index is 5.78. The lowest BCUT2D eigenvalue weighted by molar-refractivity contribution is 1.39. The molecule has 0 saturated heterocycles. The fraction of sp³-hybridized carbons (Fsp3) is 0.143. The molecule has 0 bridgehead atoms. The summed E-state index contributed by atoms with van der Waals surface area (Å²) in [6.07, 6.45) is 0. The average Bonchev–Trinajstić information content (AvgIpc) is 1.99. The van der Waals surface area contributed by atoms with Crippen molar-refractivity contribution in [3.63, 3.8) is 0 Å². The van der Waals surface area contributed by atoms with E-state index in [-0.39, 0.29) is 0 Å². The summed E-state index contributed by atoms with van der Waals surface area (Å²) in [7, 11) is 0. The van der Waals surface area contributed by atoms with Gasteiger partial charge in [-0.15, -0.1) is 11.6 Å². The molecule has 0 N–H and O–H groups in total. The fourth-order valence-electron chi connectivity index (χ4n) is 0.685. The van der Waals surface area contributed by atoms with E-state index in [0.29, 0.717) is 15.9 Å². The number of hydrogen-bond donors (Lipinski definition) is 0. The Bertz CT molecular complexity index is 249. The van der Waals surface area contributed by atoms with E-state index in [1.807, 2.05) is 6.07 Å². The van der Waals surface area contributed by atoms with E-state index in [9.17, 15) is 0 Å². The molecule has 1 aromatic rings. The number of benzene rings is 1. The minimum absolute atomic E-state index is 0.440. The molecule has 0 aliphatic rings. The Balaban J connectivity index is 3.21. The normalized spacial score (nSPS) is 10.2. The lowest BCUT2D eigenvalue weighted by atomic mass is 10.2. The first-order valence-electron chi connectivity index (χ1n) is 2.84. The van der Waals surface area contributed by atoms with Crippen molar-refractivity contribution in [2.75, 3.05) is 0 Å². The topological polar surface area (TPSA) is 0 Å². The molecule has 0 spiro atoms. The van der Waals surface area contributed by atoms with Gasteiger partial charge >= 0.3 is 0 Å². The third kappa shape index (κ3) is 2.25. The van der Waals surface area contributed by atoms with Gasteiger partial charge in [0.05, 0.1) is 10.0 Å². The Hall–Kier alpha value is 0.570. The van der Waals surface area contributed by atoms with Gasteiger partial charge < -0.3 is 0 Å². The van der Waals surface area contributed by atoms with Gasteiger partial charge in [-0.05, 0) is 33.6 Å². The minimum atomic E-state index is 0.440. The zero-order valence-corrected chi connectivity index (χ0v) is 9.23. The Labute approximate surface area is 88.6 Å². The molecule has 0 fully saturated rings. The van der Waals surface area contributed by atoms with Crippen LogP contribution in [0.3, 0.4) is 0 Å². The highest BCUT2D eigenvalue weighted by Gasteiger charge is 2.03. The van der Waals surface area contributed by atoms with E-state index < -0.39 is 0 Å². The van der Waals surface area contributed by atoms with Crippen LogP contribution in [0.5, 0.6) is 0 Å². The first-order chi connectivity index (χ1) is 5.15. The van der Waals surface area contributed by atoms with Crippen molar-refractivity contribution in [1.29, 1.82) is 0 Å². The summed E-state index contributed by atoms with van der Waals surface area (Å²) < 4.78 is 0.780. The molecule has 11 heavy (non-hydrogen) atoms. The van der Waals surface area contributed by atoms with Gasteiger partial charge in [-0.2, -0.15) is 0 Å².